The Labute approximate surface area is 212 Å². The second kappa shape index (κ2) is 11.2. The highest BCUT2D eigenvalue weighted by atomic mass is 32.2. The molecule has 2 aliphatic rings. The lowest BCUT2D eigenvalue weighted by atomic mass is 9.87. The van der Waals surface area contributed by atoms with Crippen LogP contribution < -0.4 is 11.1 Å². The first-order valence-electron chi connectivity index (χ1n) is 11.8. The summed E-state index contributed by atoms with van der Waals surface area (Å²) < 4.78 is 29.6. The zero-order valence-corrected chi connectivity index (χ0v) is 21.5. The van der Waals surface area contributed by atoms with Crippen LogP contribution in [0.1, 0.15) is 57.8 Å². The van der Waals surface area contributed by atoms with E-state index in [9.17, 15) is 23.3 Å². The first-order valence-corrected chi connectivity index (χ1v) is 13.2. The van der Waals surface area contributed by atoms with Crippen LogP contribution >= 0.6 is 0 Å². The fourth-order valence-electron chi connectivity index (χ4n) is 4.98. The topological polar surface area (TPSA) is 154 Å². The van der Waals surface area contributed by atoms with Gasteiger partial charge in [0.05, 0.1) is 17.0 Å². The van der Waals surface area contributed by atoms with Gasteiger partial charge in [-0.05, 0) is 86.9 Å². The molecule has 0 aliphatic carbocycles. The number of nitrogens with zero attached hydrogens (tertiary/aromatic N) is 2. The fourth-order valence-corrected chi connectivity index (χ4v) is 5.46. The number of nitriles is 1. The molecule has 2 saturated heterocycles. The first kappa shape index (κ1) is 27.3. The van der Waals surface area contributed by atoms with Crippen molar-refractivity contribution in [1.82, 2.24) is 10.2 Å². The summed E-state index contributed by atoms with van der Waals surface area (Å²) in [6.07, 6.45) is 2.38. The van der Waals surface area contributed by atoms with Gasteiger partial charge in [0.2, 0.25) is 11.8 Å². The van der Waals surface area contributed by atoms with E-state index in [0.29, 0.717) is 18.5 Å². The number of carbonyl (C=O) groups is 2. The molecule has 0 radical (unpaired) electrons. The van der Waals surface area contributed by atoms with Gasteiger partial charge in [0.1, 0.15) is 6.04 Å². The molecule has 4 N–H and O–H groups in total. The van der Waals surface area contributed by atoms with Crippen molar-refractivity contribution >= 4 is 21.9 Å². The van der Waals surface area contributed by atoms with E-state index in [1.807, 2.05) is 32.9 Å². The molecular formula is C26H32N4O5S. The molecule has 2 fully saturated rings. The number of hydrogen-bond acceptors (Lipinski definition) is 6. The first-order chi connectivity index (χ1) is 16.9. The molecule has 2 aromatic carbocycles. The van der Waals surface area contributed by atoms with Crippen molar-refractivity contribution in [1.29, 1.82) is 5.26 Å². The summed E-state index contributed by atoms with van der Waals surface area (Å²) in [7, 11) is -4.02. The minimum Gasteiger partial charge on any atom is -0.366 e. The Kier molecular flexibility index (Phi) is 8.51. The Hall–Kier alpha value is -3.26. The smallest absolute Gasteiger partial charge is 0.294 e. The third-order valence-electron chi connectivity index (χ3n) is 6.72. The lowest BCUT2D eigenvalue weighted by Crippen LogP contribution is -2.45. The summed E-state index contributed by atoms with van der Waals surface area (Å²) >= 11 is 0. The molecule has 36 heavy (non-hydrogen) atoms. The maximum absolute atomic E-state index is 12.8. The van der Waals surface area contributed by atoms with Gasteiger partial charge in [-0.15, -0.1) is 0 Å². The third-order valence-corrected chi connectivity index (χ3v) is 7.59. The van der Waals surface area contributed by atoms with Gasteiger partial charge in [-0.3, -0.25) is 14.1 Å². The number of nitrogens with one attached hydrogen (secondary N) is 1. The Morgan fingerprint density at radius 2 is 1.75 bits per heavy atom. The molecule has 192 valence electrons. The van der Waals surface area contributed by atoms with E-state index in [4.69, 9.17) is 10.3 Å². The molecule has 3 atom stereocenters. The van der Waals surface area contributed by atoms with Gasteiger partial charge in [-0.1, -0.05) is 17.7 Å². The van der Waals surface area contributed by atoms with Crippen LogP contribution in [0.5, 0.6) is 0 Å². The number of benzene rings is 2. The number of hydrogen-bond donors (Lipinski definition) is 3. The molecule has 9 nitrogen and oxygen atoms in total. The van der Waals surface area contributed by atoms with Gasteiger partial charge >= 0.3 is 0 Å². The van der Waals surface area contributed by atoms with Gasteiger partial charge in [0.25, 0.3) is 10.1 Å². The Balaban J connectivity index is 0.000000275. The Bertz CT molecular complexity index is 1260. The zero-order valence-electron chi connectivity index (χ0n) is 20.7. The largest absolute Gasteiger partial charge is 0.366 e. The van der Waals surface area contributed by atoms with E-state index in [-0.39, 0.29) is 28.8 Å². The fraction of sp³-hybridized carbons (Fsp3) is 0.423. The molecule has 2 heterocycles. The zero-order chi connectivity index (χ0) is 26.6. The predicted octanol–water partition coefficient (Wildman–Crippen LogP) is 2.60. The Morgan fingerprint density at radius 1 is 1.14 bits per heavy atom. The number of likely N-dealkylation sites (tertiary alicyclic amines) is 1. The number of nitrogens with two attached hydrogens (primary N) is 1. The number of rotatable bonds is 4. The summed E-state index contributed by atoms with van der Waals surface area (Å²) in [5, 5.41) is 12.5. The van der Waals surface area contributed by atoms with Gasteiger partial charge in [-0.2, -0.15) is 13.7 Å². The lowest BCUT2D eigenvalue weighted by molar-refractivity contribution is -0.133. The lowest BCUT2D eigenvalue weighted by Gasteiger charge is -2.23. The monoisotopic (exact) mass is 512 g/mol. The molecule has 4 rings (SSSR count). The summed E-state index contributed by atoms with van der Waals surface area (Å²) in [6.45, 7) is 7.20. The quantitative estimate of drug-likeness (QED) is 0.532. The molecule has 0 aromatic heterocycles. The van der Waals surface area contributed by atoms with Crippen LogP contribution in [0, 0.1) is 32.1 Å². The van der Waals surface area contributed by atoms with Crippen molar-refractivity contribution in [2.75, 3.05) is 13.1 Å². The van der Waals surface area contributed by atoms with E-state index in [0.717, 1.165) is 36.1 Å². The maximum Gasteiger partial charge on any atom is 0.294 e. The highest BCUT2D eigenvalue weighted by Gasteiger charge is 2.38. The Morgan fingerprint density at radius 3 is 2.28 bits per heavy atom. The van der Waals surface area contributed by atoms with Gasteiger partial charge < -0.3 is 16.0 Å². The molecule has 2 aliphatic heterocycles. The van der Waals surface area contributed by atoms with Crippen molar-refractivity contribution in [3.8, 4) is 6.07 Å². The number of primary amides is 1. The number of carbonyl (C=O) groups excluding carboxylic acids is 2. The van der Waals surface area contributed by atoms with Crippen molar-refractivity contribution < 1.29 is 22.6 Å². The second-order valence-electron chi connectivity index (χ2n) is 9.39. The van der Waals surface area contributed by atoms with E-state index in [1.54, 1.807) is 17.0 Å². The van der Waals surface area contributed by atoms with Crippen LogP contribution in [0.2, 0.25) is 0 Å². The second-order valence-corrected chi connectivity index (χ2v) is 10.8. The van der Waals surface area contributed by atoms with Crippen LogP contribution in [0.15, 0.2) is 41.3 Å². The van der Waals surface area contributed by atoms with E-state index in [2.05, 4.69) is 11.4 Å². The SMILES string of the molecule is Cc1cc(C(N)=O)cc(C)c1[C@@H]1CN[C@H](C(=O)N2CCC[C@H]2C#N)C1.Cc1ccc(S(=O)(=O)O)cc1. The van der Waals surface area contributed by atoms with E-state index < -0.39 is 16.0 Å². The van der Waals surface area contributed by atoms with Crippen LogP contribution in [0.25, 0.3) is 0 Å². The predicted molar refractivity (Wildman–Crippen MR) is 135 cm³/mol. The summed E-state index contributed by atoms with van der Waals surface area (Å²) in [5.41, 5.74) is 10.1. The molecule has 10 heteroatoms. The average molecular weight is 513 g/mol. The van der Waals surface area contributed by atoms with Crippen LogP contribution in [-0.2, 0) is 14.9 Å². The van der Waals surface area contributed by atoms with Crippen LogP contribution in [0.4, 0.5) is 0 Å². The van der Waals surface area contributed by atoms with Crippen molar-refractivity contribution in [3.63, 3.8) is 0 Å². The highest BCUT2D eigenvalue weighted by Crippen LogP contribution is 2.33. The third kappa shape index (κ3) is 6.29. The normalized spacial score (nSPS) is 21.4. The average Bonchev–Trinajstić information content (AvgIpc) is 3.48. The number of amides is 2. The van der Waals surface area contributed by atoms with E-state index >= 15 is 0 Å². The van der Waals surface area contributed by atoms with Crippen molar-refractivity contribution in [2.24, 2.45) is 5.73 Å². The molecule has 0 spiro atoms. The molecule has 2 aromatic rings. The minimum absolute atomic E-state index is 0.0376. The molecule has 0 bridgehead atoms. The minimum atomic E-state index is -4.02. The van der Waals surface area contributed by atoms with Crippen LogP contribution in [-0.4, -0.2) is 54.9 Å². The van der Waals surface area contributed by atoms with E-state index in [1.165, 1.54) is 17.7 Å². The highest BCUT2D eigenvalue weighted by molar-refractivity contribution is 7.85. The molecular weight excluding hydrogens is 480 g/mol. The van der Waals surface area contributed by atoms with Crippen molar-refractivity contribution in [3.05, 3.63) is 64.2 Å². The molecule has 0 saturated carbocycles. The van der Waals surface area contributed by atoms with Crippen LogP contribution in [0.3, 0.4) is 0 Å². The van der Waals surface area contributed by atoms with Gasteiger partial charge in [0, 0.05) is 18.7 Å². The van der Waals surface area contributed by atoms with Gasteiger partial charge in [-0.25, -0.2) is 0 Å². The summed E-state index contributed by atoms with van der Waals surface area (Å²) in [5.74, 6) is -0.165. The van der Waals surface area contributed by atoms with Crippen molar-refractivity contribution in [2.45, 2.75) is 62.9 Å². The molecule has 0 unspecified atom stereocenters. The standard InChI is InChI=1S/C19H24N4O2.C7H8O3S/c1-11-6-13(18(21)24)7-12(2)17(11)14-8-16(22-10-14)19(25)23-5-3-4-15(23)9-20;1-6-2-4-7(5-3-6)11(8,9)10/h6-7,14-16,22H,3-5,8,10H2,1-2H3,(H2,21,24);2-5H,1H3,(H,8,9,10)/t14-,15-,16-;/m0./s1. The molecule has 2 amide bonds. The summed E-state index contributed by atoms with van der Waals surface area (Å²) in [6, 6.07) is 11.3. The number of aryl methyl sites for hydroxylation is 3. The summed E-state index contributed by atoms with van der Waals surface area (Å²) in [4.78, 5) is 25.8. The maximum atomic E-state index is 12.8. The van der Waals surface area contributed by atoms with Gasteiger partial charge in [0.15, 0.2) is 0 Å².